The summed E-state index contributed by atoms with van der Waals surface area (Å²) in [6, 6.07) is -0.278. The highest BCUT2D eigenvalue weighted by Gasteiger charge is 2.27. The molecule has 0 radical (unpaired) electrons. The molecule has 0 aliphatic heterocycles. The largest absolute Gasteiger partial charge is 0.479 e. The Morgan fingerprint density at radius 1 is 1.33 bits per heavy atom. The number of amides is 2. The van der Waals surface area contributed by atoms with Crippen molar-refractivity contribution in [3.63, 3.8) is 0 Å². The van der Waals surface area contributed by atoms with Gasteiger partial charge >= 0.3 is 12.0 Å². The third kappa shape index (κ3) is 4.91. The van der Waals surface area contributed by atoms with E-state index in [1.54, 1.807) is 0 Å². The topological polar surface area (TPSA) is 98.7 Å². The summed E-state index contributed by atoms with van der Waals surface area (Å²) in [5.74, 6) is -1.34. The van der Waals surface area contributed by atoms with Crippen LogP contribution in [-0.2, 0) is 4.79 Å². The van der Waals surface area contributed by atoms with E-state index in [4.69, 9.17) is 10.2 Å². The summed E-state index contributed by atoms with van der Waals surface area (Å²) in [4.78, 5) is 21.8. The minimum atomic E-state index is -1.55. The second-order valence-electron chi connectivity index (χ2n) is 5.65. The number of aliphatic hydroxyl groups excluding tert-OH is 1. The summed E-state index contributed by atoms with van der Waals surface area (Å²) >= 11 is 0. The molecule has 1 unspecified atom stereocenters. The summed E-state index contributed by atoms with van der Waals surface area (Å²) in [6.07, 6.45) is 2.44. The Morgan fingerprint density at radius 3 is 2.39 bits per heavy atom. The number of carboxylic acids is 1. The molecule has 6 nitrogen and oxygen atoms in total. The lowest BCUT2D eigenvalue weighted by Crippen LogP contribution is -2.47. The summed E-state index contributed by atoms with van der Waals surface area (Å²) in [6.45, 7) is 4.15. The zero-order chi connectivity index (χ0) is 13.8. The number of nitrogens with one attached hydrogen (secondary N) is 2. The fraction of sp³-hybridized carbons (Fsp3) is 0.833. The number of carboxylic acid groups (broad SMARTS) is 1. The molecular weight excluding hydrogens is 236 g/mol. The lowest BCUT2D eigenvalue weighted by molar-refractivity contribution is -0.146. The van der Waals surface area contributed by atoms with Crippen molar-refractivity contribution in [2.75, 3.05) is 6.54 Å². The third-order valence-corrected chi connectivity index (χ3v) is 3.42. The highest BCUT2D eigenvalue weighted by molar-refractivity contribution is 5.76. The van der Waals surface area contributed by atoms with Gasteiger partial charge in [0.2, 0.25) is 0 Å². The van der Waals surface area contributed by atoms with Crippen molar-refractivity contribution in [1.29, 1.82) is 0 Å². The van der Waals surface area contributed by atoms with Crippen LogP contribution < -0.4 is 10.6 Å². The fourth-order valence-corrected chi connectivity index (χ4v) is 2.06. The maximum Gasteiger partial charge on any atom is 0.334 e. The third-order valence-electron chi connectivity index (χ3n) is 3.42. The minimum Gasteiger partial charge on any atom is -0.479 e. The number of hydrogen-bond donors (Lipinski definition) is 4. The van der Waals surface area contributed by atoms with Crippen LogP contribution in [0.2, 0.25) is 0 Å². The molecule has 4 N–H and O–H groups in total. The normalized spacial score (nSPS) is 21.1. The average Bonchev–Trinajstić information content (AvgIpc) is 2.28. The molecule has 18 heavy (non-hydrogen) atoms. The highest BCUT2D eigenvalue weighted by atomic mass is 16.4. The number of aliphatic hydroxyl groups is 1. The summed E-state index contributed by atoms with van der Waals surface area (Å²) in [5, 5.41) is 22.6. The van der Waals surface area contributed by atoms with Gasteiger partial charge in [0.15, 0.2) is 6.10 Å². The van der Waals surface area contributed by atoms with Crippen molar-refractivity contribution in [3.8, 4) is 0 Å². The number of hydrogen-bond acceptors (Lipinski definition) is 3. The van der Waals surface area contributed by atoms with Gasteiger partial charge in [0, 0.05) is 6.04 Å². The first-order valence-corrected chi connectivity index (χ1v) is 6.25. The molecule has 1 aliphatic rings. The molecule has 0 saturated heterocycles. The van der Waals surface area contributed by atoms with Gasteiger partial charge in [-0.2, -0.15) is 0 Å². The summed E-state index contributed by atoms with van der Waals surface area (Å²) in [5.41, 5.74) is 0.341. The van der Waals surface area contributed by atoms with Crippen LogP contribution in [0.4, 0.5) is 4.79 Å². The predicted molar refractivity (Wildman–Crippen MR) is 66.2 cm³/mol. The quantitative estimate of drug-likeness (QED) is 0.596. The lowest BCUT2D eigenvalue weighted by atomic mass is 9.76. The van der Waals surface area contributed by atoms with E-state index in [-0.39, 0.29) is 12.6 Å². The van der Waals surface area contributed by atoms with Gasteiger partial charge in [0.1, 0.15) is 0 Å². The van der Waals surface area contributed by atoms with Crippen molar-refractivity contribution in [1.82, 2.24) is 10.6 Å². The van der Waals surface area contributed by atoms with E-state index in [0.29, 0.717) is 5.41 Å². The van der Waals surface area contributed by atoms with Gasteiger partial charge in [-0.3, -0.25) is 0 Å². The van der Waals surface area contributed by atoms with E-state index < -0.39 is 18.1 Å². The maximum atomic E-state index is 11.5. The molecule has 2 amide bonds. The molecule has 1 saturated carbocycles. The number of aliphatic carboxylic acids is 1. The van der Waals surface area contributed by atoms with Crippen molar-refractivity contribution < 1.29 is 19.8 Å². The molecule has 0 aromatic carbocycles. The lowest BCUT2D eigenvalue weighted by Gasteiger charge is -2.34. The van der Waals surface area contributed by atoms with Gasteiger partial charge in [-0.05, 0) is 31.1 Å². The van der Waals surface area contributed by atoms with Crippen LogP contribution in [0.15, 0.2) is 0 Å². The van der Waals surface area contributed by atoms with Gasteiger partial charge in [-0.15, -0.1) is 0 Å². The number of carbonyl (C=O) groups excluding carboxylic acids is 1. The van der Waals surface area contributed by atoms with E-state index >= 15 is 0 Å². The van der Waals surface area contributed by atoms with Gasteiger partial charge in [0.25, 0.3) is 0 Å². The molecule has 0 aromatic rings. The Morgan fingerprint density at radius 2 is 1.89 bits per heavy atom. The molecule has 6 heteroatoms. The Hall–Kier alpha value is -1.30. The molecule has 1 aliphatic carbocycles. The van der Waals surface area contributed by atoms with Crippen molar-refractivity contribution in [2.45, 2.75) is 51.7 Å². The molecular formula is C12H22N2O4. The van der Waals surface area contributed by atoms with E-state index in [1.807, 2.05) is 0 Å². The zero-order valence-corrected chi connectivity index (χ0v) is 10.9. The van der Waals surface area contributed by atoms with Crippen molar-refractivity contribution in [3.05, 3.63) is 0 Å². The van der Waals surface area contributed by atoms with Gasteiger partial charge in [-0.1, -0.05) is 13.8 Å². The van der Waals surface area contributed by atoms with Gasteiger partial charge < -0.3 is 20.8 Å². The molecule has 0 bridgehead atoms. The van der Waals surface area contributed by atoms with Crippen LogP contribution in [0.3, 0.4) is 0 Å². The Kier molecular flexibility index (Phi) is 4.95. The SMILES string of the molecule is CC1(C)CCC(NC(=O)NCC(O)C(=O)O)CC1. The first-order chi connectivity index (χ1) is 8.30. The van der Waals surface area contributed by atoms with E-state index in [0.717, 1.165) is 25.7 Å². The number of urea groups is 1. The second kappa shape index (κ2) is 6.04. The maximum absolute atomic E-state index is 11.5. The molecule has 1 fully saturated rings. The molecule has 0 aromatic heterocycles. The van der Waals surface area contributed by atoms with Gasteiger partial charge in [-0.25, -0.2) is 9.59 Å². The number of carbonyl (C=O) groups is 2. The van der Waals surface area contributed by atoms with Crippen LogP contribution in [0.5, 0.6) is 0 Å². The Balaban J connectivity index is 2.23. The van der Waals surface area contributed by atoms with Crippen LogP contribution in [0.1, 0.15) is 39.5 Å². The van der Waals surface area contributed by atoms with Crippen LogP contribution in [0, 0.1) is 5.41 Å². The summed E-state index contributed by atoms with van der Waals surface area (Å²) < 4.78 is 0. The minimum absolute atomic E-state index is 0.139. The second-order valence-corrected chi connectivity index (χ2v) is 5.65. The molecule has 0 heterocycles. The van der Waals surface area contributed by atoms with E-state index in [1.165, 1.54) is 0 Å². The molecule has 0 spiro atoms. The van der Waals surface area contributed by atoms with E-state index in [9.17, 15) is 9.59 Å². The highest BCUT2D eigenvalue weighted by Crippen LogP contribution is 2.34. The van der Waals surface area contributed by atoms with Crippen LogP contribution >= 0.6 is 0 Å². The first-order valence-electron chi connectivity index (χ1n) is 6.25. The smallest absolute Gasteiger partial charge is 0.334 e. The number of rotatable bonds is 4. The molecule has 104 valence electrons. The van der Waals surface area contributed by atoms with Gasteiger partial charge in [0.05, 0.1) is 6.54 Å². The first kappa shape index (κ1) is 14.8. The molecule has 1 atom stereocenters. The van der Waals surface area contributed by atoms with Crippen molar-refractivity contribution >= 4 is 12.0 Å². The monoisotopic (exact) mass is 258 g/mol. The Labute approximate surface area is 107 Å². The molecule has 1 rings (SSSR count). The van der Waals surface area contributed by atoms with E-state index in [2.05, 4.69) is 24.5 Å². The van der Waals surface area contributed by atoms with Crippen molar-refractivity contribution in [2.24, 2.45) is 5.41 Å². The van der Waals surface area contributed by atoms with Crippen LogP contribution in [-0.4, -0.2) is 40.9 Å². The zero-order valence-electron chi connectivity index (χ0n) is 10.9. The standard InChI is InChI=1S/C12H22N2O4/c1-12(2)5-3-8(4-6-12)14-11(18)13-7-9(15)10(16)17/h8-9,15H,3-7H2,1-2H3,(H,16,17)(H2,13,14,18). The van der Waals surface area contributed by atoms with Crippen LogP contribution in [0.25, 0.3) is 0 Å². The summed E-state index contributed by atoms with van der Waals surface area (Å²) in [7, 11) is 0. The predicted octanol–water partition coefficient (Wildman–Crippen LogP) is 0.700. The fourth-order valence-electron chi connectivity index (χ4n) is 2.06. The average molecular weight is 258 g/mol. The Bertz CT molecular complexity index is 307.